The molecule has 0 bridgehead atoms. The second kappa shape index (κ2) is 7.90. The van der Waals surface area contributed by atoms with Gasteiger partial charge in [0.05, 0.1) is 12.0 Å². The Bertz CT molecular complexity index is 862. The van der Waals surface area contributed by atoms with Crippen molar-refractivity contribution in [2.24, 2.45) is 5.92 Å². The minimum absolute atomic E-state index is 0.0800. The fraction of sp³-hybridized carbons (Fsp3) is 0.421. The summed E-state index contributed by atoms with van der Waals surface area (Å²) in [6.07, 6.45) is 1.41. The topological polar surface area (TPSA) is 66.5 Å². The fourth-order valence-electron chi connectivity index (χ4n) is 3.21. The largest absolute Gasteiger partial charge is 0.349 e. The number of nitrogens with one attached hydrogen (secondary N) is 1. The molecule has 1 N–H and O–H groups in total. The molecule has 0 radical (unpaired) electrons. The molecule has 1 aliphatic heterocycles. The number of nitrogens with zero attached hydrogens (tertiary/aromatic N) is 1. The van der Waals surface area contributed by atoms with Gasteiger partial charge in [0.15, 0.2) is 0 Å². The Kier molecular flexibility index (Phi) is 5.79. The van der Waals surface area contributed by atoms with Crippen molar-refractivity contribution in [3.8, 4) is 0 Å². The SMILES string of the molecule is Cc1ccc(S(=O)(=O)N2CCC[C@@H](C(=O)N[C@H](C)c3ccccc3)C2)s1. The number of carbonyl (C=O) groups excluding carboxylic acids is 1. The van der Waals surface area contributed by atoms with Crippen molar-refractivity contribution in [2.75, 3.05) is 13.1 Å². The van der Waals surface area contributed by atoms with E-state index >= 15 is 0 Å². The van der Waals surface area contributed by atoms with Gasteiger partial charge >= 0.3 is 0 Å². The summed E-state index contributed by atoms with van der Waals surface area (Å²) < 4.78 is 27.4. The zero-order valence-corrected chi connectivity index (χ0v) is 16.6. The Morgan fingerprint density at radius 3 is 2.62 bits per heavy atom. The number of benzene rings is 1. The van der Waals surface area contributed by atoms with Crippen molar-refractivity contribution in [3.63, 3.8) is 0 Å². The number of sulfonamides is 1. The lowest BCUT2D eigenvalue weighted by molar-refractivity contribution is -0.126. The maximum atomic E-state index is 12.8. The molecule has 0 unspecified atom stereocenters. The first-order chi connectivity index (χ1) is 12.4. The highest BCUT2D eigenvalue weighted by Crippen LogP contribution is 2.28. The molecule has 1 saturated heterocycles. The zero-order chi connectivity index (χ0) is 18.7. The van der Waals surface area contributed by atoms with Gasteiger partial charge in [0.25, 0.3) is 10.0 Å². The highest BCUT2D eigenvalue weighted by molar-refractivity contribution is 7.91. The second-order valence-electron chi connectivity index (χ2n) is 6.71. The number of rotatable bonds is 5. The van der Waals surface area contributed by atoms with Crippen LogP contribution in [0.2, 0.25) is 0 Å². The number of carbonyl (C=O) groups is 1. The Balaban J connectivity index is 1.67. The molecule has 0 spiro atoms. The number of piperidine rings is 1. The van der Waals surface area contributed by atoms with Crippen LogP contribution in [0.25, 0.3) is 0 Å². The summed E-state index contributed by atoms with van der Waals surface area (Å²) in [6, 6.07) is 13.1. The van der Waals surface area contributed by atoms with Gasteiger partial charge in [-0.1, -0.05) is 30.3 Å². The average molecular weight is 393 g/mol. The second-order valence-corrected chi connectivity index (χ2v) is 10.2. The number of amides is 1. The molecule has 3 rings (SSSR count). The third-order valence-corrected chi connectivity index (χ3v) is 8.06. The molecule has 0 saturated carbocycles. The van der Waals surface area contributed by atoms with E-state index in [2.05, 4.69) is 5.32 Å². The molecule has 1 fully saturated rings. The van der Waals surface area contributed by atoms with E-state index in [1.807, 2.05) is 50.2 Å². The number of hydrogen-bond acceptors (Lipinski definition) is 4. The molecule has 1 aromatic carbocycles. The van der Waals surface area contributed by atoms with Gasteiger partial charge in [-0.2, -0.15) is 4.31 Å². The molecule has 1 aliphatic rings. The highest BCUT2D eigenvalue weighted by Gasteiger charge is 2.34. The van der Waals surface area contributed by atoms with Crippen molar-refractivity contribution in [2.45, 2.75) is 36.9 Å². The van der Waals surface area contributed by atoms with Gasteiger partial charge < -0.3 is 5.32 Å². The normalized spacial score (nSPS) is 19.8. The van der Waals surface area contributed by atoms with E-state index in [0.29, 0.717) is 23.6 Å². The van der Waals surface area contributed by atoms with Crippen LogP contribution < -0.4 is 5.32 Å². The van der Waals surface area contributed by atoms with E-state index in [1.165, 1.54) is 15.6 Å². The van der Waals surface area contributed by atoms with Crippen molar-refractivity contribution in [1.29, 1.82) is 0 Å². The van der Waals surface area contributed by atoms with Gasteiger partial charge in [-0.05, 0) is 44.4 Å². The maximum Gasteiger partial charge on any atom is 0.252 e. The monoisotopic (exact) mass is 392 g/mol. The predicted molar refractivity (Wildman–Crippen MR) is 104 cm³/mol. The van der Waals surface area contributed by atoms with Crippen LogP contribution in [-0.4, -0.2) is 31.7 Å². The van der Waals surface area contributed by atoms with E-state index < -0.39 is 10.0 Å². The zero-order valence-electron chi connectivity index (χ0n) is 15.0. The highest BCUT2D eigenvalue weighted by atomic mass is 32.2. The van der Waals surface area contributed by atoms with Gasteiger partial charge in [-0.15, -0.1) is 11.3 Å². The van der Waals surface area contributed by atoms with Crippen LogP contribution in [0.15, 0.2) is 46.7 Å². The summed E-state index contributed by atoms with van der Waals surface area (Å²) in [5, 5.41) is 3.02. The van der Waals surface area contributed by atoms with E-state index in [4.69, 9.17) is 0 Å². The van der Waals surface area contributed by atoms with Crippen LogP contribution in [-0.2, 0) is 14.8 Å². The smallest absolute Gasteiger partial charge is 0.252 e. The van der Waals surface area contributed by atoms with Crippen LogP contribution in [0.5, 0.6) is 0 Å². The van der Waals surface area contributed by atoms with E-state index in [-0.39, 0.29) is 24.4 Å². The molecule has 1 amide bonds. The lowest BCUT2D eigenvalue weighted by Crippen LogP contribution is -2.45. The molecular weight excluding hydrogens is 368 g/mol. The minimum atomic E-state index is -3.52. The van der Waals surface area contributed by atoms with Gasteiger partial charge in [0.2, 0.25) is 5.91 Å². The average Bonchev–Trinajstić information content (AvgIpc) is 3.10. The summed E-state index contributed by atoms with van der Waals surface area (Å²) in [4.78, 5) is 13.6. The first-order valence-corrected chi connectivity index (χ1v) is 11.1. The van der Waals surface area contributed by atoms with E-state index in [0.717, 1.165) is 10.4 Å². The quantitative estimate of drug-likeness (QED) is 0.849. The first-order valence-electron chi connectivity index (χ1n) is 8.80. The minimum Gasteiger partial charge on any atom is -0.349 e. The molecule has 140 valence electrons. The molecule has 2 heterocycles. The fourth-order valence-corrected chi connectivity index (χ4v) is 6.17. The van der Waals surface area contributed by atoms with Crippen LogP contribution >= 0.6 is 11.3 Å². The van der Waals surface area contributed by atoms with Crippen molar-refractivity contribution in [3.05, 3.63) is 52.9 Å². The van der Waals surface area contributed by atoms with Gasteiger partial charge in [0, 0.05) is 18.0 Å². The lowest BCUT2D eigenvalue weighted by atomic mass is 9.98. The molecule has 0 aliphatic carbocycles. The Morgan fingerprint density at radius 2 is 1.96 bits per heavy atom. The summed E-state index contributed by atoms with van der Waals surface area (Å²) in [5.41, 5.74) is 1.04. The van der Waals surface area contributed by atoms with Crippen molar-refractivity contribution < 1.29 is 13.2 Å². The number of aryl methyl sites for hydroxylation is 1. The summed E-state index contributed by atoms with van der Waals surface area (Å²) in [6.45, 7) is 4.55. The molecule has 5 nitrogen and oxygen atoms in total. The third-order valence-electron chi connectivity index (χ3n) is 4.72. The first kappa shape index (κ1) is 19.1. The van der Waals surface area contributed by atoms with Gasteiger partial charge in [0.1, 0.15) is 4.21 Å². The van der Waals surface area contributed by atoms with Crippen LogP contribution in [0, 0.1) is 12.8 Å². The van der Waals surface area contributed by atoms with E-state index in [1.54, 1.807) is 6.07 Å². The summed E-state index contributed by atoms with van der Waals surface area (Å²) in [7, 11) is -3.52. The molecule has 26 heavy (non-hydrogen) atoms. The third kappa shape index (κ3) is 4.16. The lowest BCUT2D eigenvalue weighted by Gasteiger charge is -2.31. The molecule has 2 aromatic rings. The standard InChI is InChI=1S/C19H24N2O3S2/c1-14-10-11-18(25-14)26(23,24)21-12-6-9-17(13-21)19(22)20-15(2)16-7-4-3-5-8-16/h3-5,7-8,10-11,15,17H,6,9,12-13H2,1-2H3,(H,20,22)/t15-,17-/m1/s1. The van der Waals surface area contributed by atoms with Crippen LogP contribution in [0.4, 0.5) is 0 Å². The van der Waals surface area contributed by atoms with Gasteiger partial charge in [-0.3, -0.25) is 4.79 Å². The summed E-state index contributed by atoms with van der Waals surface area (Å²) in [5.74, 6) is -0.394. The Labute approximate surface area is 159 Å². The maximum absolute atomic E-state index is 12.8. The van der Waals surface area contributed by atoms with Gasteiger partial charge in [-0.25, -0.2) is 8.42 Å². The van der Waals surface area contributed by atoms with Crippen molar-refractivity contribution in [1.82, 2.24) is 9.62 Å². The predicted octanol–water partition coefficient (Wildman–Crippen LogP) is 3.33. The molecule has 2 atom stereocenters. The van der Waals surface area contributed by atoms with Crippen molar-refractivity contribution >= 4 is 27.3 Å². The molecule has 7 heteroatoms. The van der Waals surface area contributed by atoms with Crippen LogP contribution in [0.3, 0.4) is 0 Å². The summed E-state index contributed by atoms with van der Waals surface area (Å²) >= 11 is 1.28. The molecular formula is C19H24N2O3S2. The van der Waals surface area contributed by atoms with Crippen LogP contribution in [0.1, 0.15) is 36.2 Å². The van der Waals surface area contributed by atoms with E-state index in [9.17, 15) is 13.2 Å². The Hall–Kier alpha value is -1.70. The molecule has 1 aromatic heterocycles. The number of hydrogen-bond donors (Lipinski definition) is 1. The Morgan fingerprint density at radius 1 is 1.23 bits per heavy atom. The number of thiophene rings is 1.